The Morgan fingerprint density at radius 3 is 2.59 bits per heavy atom. The highest BCUT2D eigenvalue weighted by atomic mass is 79.9. The number of carbonyl (C=O) groups is 1. The lowest BCUT2D eigenvalue weighted by Crippen LogP contribution is -2.49. The summed E-state index contributed by atoms with van der Waals surface area (Å²) in [4.78, 5) is 13.8. The molecule has 2 rings (SSSR count). The van der Waals surface area contributed by atoms with Gasteiger partial charge in [-0.25, -0.2) is 0 Å². The number of hydrogen-bond donors (Lipinski definition) is 1. The summed E-state index contributed by atoms with van der Waals surface area (Å²) in [5.74, 6) is 0.0956. The van der Waals surface area contributed by atoms with E-state index in [2.05, 4.69) is 15.9 Å². The van der Waals surface area contributed by atoms with E-state index in [1.807, 2.05) is 43.9 Å². The minimum atomic E-state index is -0.328. The van der Waals surface area contributed by atoms with E-state index in [1.54, 1.807) is 0 Å². The number of anilines is 1. The molecule has 0 radical (unpaired) electrons. The average molecular weight is 297 g/mol. The molecule has 0 aliphatic carbocycles. The van der Waals surface area contributed by atoms with Crippen LogP contribution in [0.3, 0.4) is 0 Å². The van der Waals surface area contributed by atoms with Gasteiger partial charge in [-0.3, -0.25) is 4.79 Å². The van der Waals surface area contributed by atoms with Crippen molar-refractivity contribution in [3.63, 3.8) is 0 Å². The molecular weight excluding hydrogens is 280 g/mol. The molecule has 1 aromatic rings. The van der Waals surface area contributed by atoms with Gasteiger partial charge in [0.1, 0.15) is 0 Å². The highest BCUT2D eigenvalue weighted by Gasteiger charge is 2.45. The quantitative estimate of drug-likeness (QED) is 0.866. The van der Waals surface area contributed by atoms with Crippen LogP contribution < -0.4 is 10.6 Å². The van der Waals surface area contributed by atoms with Gasteiger partial charge in [-0.1, -0.05) is 22.0 Å². The first-order valence-electron chi connectivity index (χ1n) is 5.69. The van der Waals surface area contributed by atoms with Gasteiger partial charge in [0.25, 0.3) is 0 Å². The van der Waals surface area contributed by atoms with Crippen LogP contribution in [-0.2, 0) is 4.79 Å². The maximum absolute atomic E-state index is 12.0. The Bertz CT molecular complexity index is 470. The molecule has 1 saturated heterocycles. The Hall–Kier alpha value is -0.870. The summed E-state index contributed by atoms with van der Waals surface area (Å²) < 4.78 is 1.01. The van der Waals surface area contributed by atoms with E-state index in [0.717, 1.165) is 15.7 Å². The van der Waals surface area contributed by atoms with Gasteiger partial charge in [0, 0.05) is 22.6 Å². The fraction of sp³-hybridized carbons (Fsp3) is 0.462. The van der Waals surface area contributed by atoms with Gasteiger partial charge < -0.3 is 10.6 Å². The van der Waals surface area contributed by atoms with Crippen molar-refractivity contribution in [2.24, 2.45) is 5.73 Å². The van der Waals surface area contributed by atoms with Gasteiger partial charge in [0.2, 0.25) is 5.91 Å². The summed E-state index contributed by atoms with van der Waals surface area (Å²) in [5, 5.41) is 0. The molecule has 0 aromatic heterocycles. The van der Waals surface area contributed by atoms with Crippen molar-refractivity contribution in [2.75, 3.05) is 4.90 Å². The molecule has 1 fully saturated rings. The number of carbonyl (C=O) groups excluding carboxylic acids is 1. The Morgan fingerprint density at radius 2 is 2.12 bits per heavy atom. The molecule has 1 aliphatic rings. The van der Waals surface area contributed by atoms with Crippen LogP contribution in [0.2, 0.25) is 0 Å². The van der Waals surface area contributed by atoms with E-state index in [4.69, 9.17) is 5.73 Å². The Balaban J connectivity index is 2.45. The number of benzene rings is 1. The molecule has 1 aliphatic heterocycles. The largest absolute Gasteiger partial charge is 0.325 e. The molecular formula is C13H17BrN2O. The predicted octanol–water partition coefficient (Wildman–Crippen LogP) is 2.60. The molecule has 0 spiro atoms. The molecule has 17 heavy (non-hydrogen) atoms. The molecule has 1 heterocycles. The highest BCUT2D eigenvalue weighted by molar-refractivity contribution is 9.10. The molecule has 1 unspecified atom stereocenters. The van der Waals surface area contributed by atoms with Gasteiger partial charge in [0.05, 0.1) is 5.54 Å². The summed E-state index contributed by atoms with van der Waals surface area (Å²) in [6, 6.07) is 5.84. The van der Waals surface area contributed by atoms with Crippen LogP contribution >= 0.6 is 15.9 Å². The Kier molecular flexibility index (Phi) is 3.04. The smallest absolute Gasteiger partial charge is 0.229 e. The summed E-state index contributed by atoms with van der Waals surface area (Å²) >= 11 is 3.50. The van der Waals surface area contributed by atoms with Crippen LogP contribution in [-0.4, -0.2) is 17.5 Å². The first-order valence-corrected chi connectivity index (χ1v) is 6.48. The van der Waals surface area contributed by atoms with Crippen molar-refractivity contribution in [2.45, 2.75) is 38.8 Å². The Labute approximate surface area is 110 Å². The monoisotopic (exact) mass is 296 g/mol. The minimum absolute atomic E-state index is 0.0956. The summed E-state index contributed by atoms with van der Waals surface area (Å²) in [6.07, 6.45) is 0.415. The minimum Gasteiger partial charge on any atom is -0.325 e. The number of nitrogens with two attached hydrogens (primary N) is 1. The molecule has 0 bridgehead atoms. The third-order valence-electron chi connectivity index (χ3n) is 3.54. The van der Waals surface area contributed by atoms with Crippen molar-refractivity contribution in [1.82, 2.24) is 0 Å². The van der Waals surface area contributed by atoms with Gasteiger partial charge in [-0.15, -0.1) is 0 Å². The summed E-state index contributed by atoms with van der Waals surface area (Å²) in [7, 11) is 0. The molecule has 2 N–H and O–H groups in total. The topological polar surface area (TPSA) is 46.3 Å². The van der Waals surface area contributed by atoms with Gasteiger partial charge in [0.15, 0.2) is 0 Å². The third kappa shape index (κ3) is 2.00. The average Bonchev–Trinajstić information content (AvgIpc) is 2.42. The zero-order chi connectivity index (χ0) is 12.8. The lowest BCUT2D eigenvalue weighted by Gasteiger charge is -2.34. The SMILES string of the molecule is Cc1ccc(N2C(=O)CC(N)C2(C)C)cc1Br. The van der Waals surface area contributed by atoms with Crippen molar-refractivity contribution >= 4 is 27.5 Å². The van der Waals surface area contributed by atoms with E-state index < -0.39 is 0 Å². The van der Waals surface area contributed by atoms with Crippen LogP contribution in [0, 0.1) is 6.92 Å². The first-order chi connectivity index (χ1) is 7.84. The van der Waals surface area contributed by atoms with E-state index >= 15 is 0 Å². The zero-order valence-electron chi connectivity index (χ0n) is 10.3. The molecule has 0 saturated carbocycles. The third-order valence-corrected chi connectivity index (χ3v) is 4.40. The van der Waals surface area contributed by atoms with Gasteiger partial charge >= 0.3 is 0 Å². The number of amides is 1. The number of rotatable bonds is 1. The van der Waals surface area contributed by atoms with Crippen molar-refractivity contribution in [3.05, 3.63) is 28.2 Å². The maximum atomic E-state index is 12.0. The van der Waals surface area contributed by atoms with Crippen LogP contribution in [0.1, 0.15) is 25.8 Å². The summed E-state index contributed by atoms with van der Waals surface area (Å²) in [6.45, 7) is 6.04. The number of halogens is 1. The zero-order valence-corrected chi connectivity index (χ0v) is 11.9. The van der Waals surface area contributed by atoms with Crippen LogP contribution in [0.5, 0.6) is 0 Å². The number of aryl methyl sites for hydroxylation is 1. The normalized spacial score (nSPS) is 23.2. The lowest BCUT2D eigenvalue weighted by atomic mass is 9.96. The maximum Gasteiger partial charge on any atom is 0.229 e. The highest BCUT2D eigenvalue weighted by Crippen LogP contribution is 2.35. The molecule has 1 amide bonds. The molecule has 1 aromatic carbocycles. The van der Waals surface area contributed by atoms with E-state index in [1.165, 1.54) is 0 Å². The van der Waals surface area contributed by atoms with E-state index in [-0.39, 0.29) is 17.5 Å². The van der Waals surface area contributed by atoms with Crippen LogP contribution in [0.25, 0.3) is 0 Å². The van der Waals surface area contributed by atoms with Gasteiger partial charge in [-0.05, 0) is 38.5 Å². The fourth-order valence-electron chi connectivity index (χ4n) is 2.21. The van der Waals surface area contributed by atoms with E-state index in [0.29, 0.717) is 6.42 Å². The second kappa shape index (κ2) is 4.10. The van der Waals surface area contributed by atoms with Crippen molar-refractivity contribution in [3.8, 4) is 0 Å². The van der Waals surface area contributed by atoms with Crippen molar-refractivity contribution < 1.29 is 4.79 Å². The molecule has 1 atom stereocenters. The standard InChI is InChI=1S/C13H17BrN2O/c1-8-4-5-9(6-10(8)14)16-12(17)7-11(15)13(16,2)3/h4-6,11H,7,15H2,1-3H3. The lowest BCUT2D eigenvalue weighted by molar-refractivity contribution is -0.117. The van der Waals surface area contributed by atoms with E-state index in [9.17, 15) is 4.79 Å². The van der Waals surface area contributed by atoms with Crippen LogP contribution in [0.15, 0.2) is 22.7 Å². The molecule has 4 heteroatoms. The second-order valence-corrected chi connectivity index (χ2v) is 5.98. The first kappa shape index (κ1) is 12.6. The number of hydrogen-bond acceptors (Lipinski definition) is 2. The summed E-state index contributed by atoms with van der Waals surface area (Å²) in [5.41, 5.74) is 7.76. The number of nitrogens with zero attached hydrogens (tertiary/aromatic N) is 1. The second-order valence-electron chi connectivity index (χ2n) is 5.13. The fourth-order valence-corrected chi connectivity index (χ4v) is 2.58. The molecule has 92 valence electrons. The molecule has 3 nitrogen and oxygen atoms in total. The van der Waals surface area contributed by atoms with Gasteiger partial charge in [-0.2, -0.15) is 0 Å². The Morgan fingerprint density at radius 1 is 1.47 bits per heavy atom. The van der Waals surface area contributed by atoms with Crippen LogP contribution in [0.4, 0.5) is 5.69 Å². The predicted molar refractivity (Wildman–Crippen MR) is 73.0 cm³/mol. The van der Waals surface area contributed by atoms with Crippen molar-refractivity contribution in [1.29, 1.82) is 0 Å².